The molecule has 1 aliphatic carbocycles. The Morgan fingerprint density at radius 3 is 2.93 bits per heavy atom. The van der Waals surface area contributed by atoms with Crippen molar-refractivity contribution in [3.05, 3.63) is 11.6 Å². The molecule has 2 rings (SSSR count). The summed E-state index contributed by atoms with van der Waals surface area (Å²) in [5, 5.41) is 0. The van der Waals surface area contributed by atoms with E-state index in [-0.39, 0.29) is 11.6 Å². The van der Waals surface area contributed by atoms with Crippen LogP contribution in [0.15, 0.2) is 11.6 Å². The van der Waals surface area contributed by atoms with Crippen molar-refractivity contribution in [2.75, 3.05) is 0 Å². The van der Waals surface area contributed by atoms with Gasteiger partial charge in [-0.2, -0.15) is 0 Å². The quantitative estimate of drug-likeness (QED) is 0.474. The summed E-state index contributed by atoms with van der Waals surface area (Å²) in [6, 6.07) is 0. The molecule has 0 bridgehead atoms. The fourth-order valence-electron chi connectivity index (χ4n) is 2.77. The first-order valence-electron chi connectivity index (χ1n) is 5.44. The summed E-state index contributed by atoms with van der Waals surface area (Å²) in [5.74, 6) is 0.724. The summed E-state index contributed by atoms with van der Waals surface area (Å²) in [6.45, 7) is 6.45. The third kappa shape index (κ3) is 1.28. The molecule has 2 nitrogen and oxygen atoms in total. The molecule has 1 fully saturated rings. The van der Waals surface area contributed by atoms with Gasteiger partial charge in [0.2, 0.25) is 0 Å². The lowest BCUT2D eigenvalue weighted by Gasteiger charge is -2.39. The van der Waals surface area contributed by atoms with Crippen molar-refractivity contribution < 1.29 is 9.53 Å². The summed E-state index contributed by atoms with van der Waals surface area (Å²) in [4.78, 5) is 11.4. The number of carbonyl (C=O) groups excluding carboxylic acids is 1. The number of fused-ring (bicyclic) bond motifs is 1. The van der Waals surface area contributed by atoms with Crippen molar-refractivity contribution in [1.29, 1.82) is 0 Å². The first-order chi connectivity index (χ1) is 6.54. The Morgan fingerprint density at radius 2 is 2.29 bits per heavy atom. The van der Waals surface area contributed by atoms with Crippen molar-refractivity contribution in [2.45, 2.75) is 45.6 Å². The van der Waals surface area contributed by atoms with Gasteiger partial charge in [0.1, 0.15) is 5.60 Å². The van der Waals surface area contributed by atoms with Gasteiger partial charge in [-0.25, -0.2) is 0 Å². The van der Waals surface area contributed by atoms with E-state index in [0.717, 1.165) is 12.8 Å². The van der Waals surface area contributed by atoms with Crippen LogP contribution in [0, 0.1) is 11.8 Å². The number of hydrogen-bond donors (Lipinski definition) is 0. The smallest absolute Gasteiger partial charge is 0.307 e. The normalized spacial score (nSPS) is 36.7. The van der Waals surface area contributed by atoms with E-state index in [2.05, 4.69) is 26.8 Å². The molecule has 0 radical (unpaired) electrons. The first-order valence-corrected chi connectivity index (χ1v) is 5.44. The zero-order valence-electron chi connectivity index (χ0n) is 9.17. The minimum Gasteiger partial charge on any atom is -0.458 e. The number of esters is 1. The van der Waals surface area contributed by atoms with Crippen molar-refractivity contribution >= 4 is 5.97 Å². The zero-order chi connectivity index (χ0) is 10.3. The fraction of sp³-hybridized carbons (Fsp3) is 0.750. The highest BCUT2D eigenvalue weighted by Crippen LogP contribution is 2.46. The Kier molecular flexibility index (Phi) is 2.17. The van der Waals surface area contributed by atoms with Crippen LogP contribution in [0.2, 0.25) is 0 Å². The Morgan fingerprint density at radius 1 is 1.57 bits per heavy atom. The third-order valence-electron chi connectivity index (χ3n) is 3.69. The lowest BCUT2D eigenvalue weighted by molar-refractivity contribution is -0.154. The highest BCUT2D eigenvalue weighted by molar-refractivity contribution is 5.73. The van der Waals surface area contributed by atoms with E-state index in [9.17, 15) is 4.79 Å². The molecular weight excluding hydrogens is 176 g/mol. The van der Waals surface area contributed by atoms with E-state index in [0.29, 0.717) is 18.3 Å². The molecule has 2 aliphatic rings. The van der Waals surface area contributed by atoms with Gasteiger partial charge in [-0.3, -0.25) is 4.79 Å². The highest BCUT2D eigenvalue weighted by Gasteiger charge is 2.51. The average Bonchev–Trinajstić information content (AvgIpc) is 2.41. The summed E-state index contributed by atoms with van der Waals surface area (Å²) >= 11 is 0. The van der Waals surface area contributed by atoms with Crippen LogP contribution in [-0.2, 0) is 9.53 Å². The number of carbonyl (C=O) groups is 1. The Labute approximate surface area is 85.3 Å². The standard InChI is InChI=1S/C12H18O2/c1-8(2)12-5-4-9(3)6-10(12)7-11(13)14-12/h6,8,10H,4-5,7H2,1-3H3/t10-,12+/m1/s1. The van der Waals surface area contributed by atoms with Crippen LogP contribution in [0.1, 0.15) is 40.0 Å². The third-order valence-corrected chi connectivity index (χ3v) is 3.69. The van der Waals surface area contributed by atoms with Crippen molar-refractivity contribution in [1.82, 2.24) is 0 Å². The molecule has 1 heterocycles. The van der Waals surface area contributed by atoms with Gasteiger partial charge in [-0.05, 0) is 25.7 Å². The largest absolute Gasteiger partial charge is 0.458 e. The second kappa shape index (κ2) is 3.11. The van der Waals surface area contributed by atoms with Gasteiger partial charge >= 0.3 is 5.97 Å². The van der Waals surface area contributed by atoms with Crippen LogP contribution < -0.4 is 0 Å². The molecule has 1 saturated heterocycles. The van der Waals surface area contributed by atoms with E-state index in [1.165, 1.54) is 5.57 Å². The number of ether oxygens (including phenoxy) is 1. The maximum absolute atomic E-state index is 11.4. The fourth-order valence-corrected chi connectivity index (χ4v) is 2.77. The summed E-state index contributed by atoms with van der Waals surface area (Å²) in [7, 11) is 0. The second-order valence-electron chi connectivity index (χ2n) is 4.91. The minimum atomic E-state index is -0.184. The van der Waals surface area contributed by atoms with Crippen LogP contribution in [0.25, 0.3) is 0 Å². The molecule has 1 aliphatic heterocycles. The number of allylic oxidation sites excluding steroid dienone is 1. The lowest BCUT2D eigenvalue weighted by Crippen LogP contribution is -2.42. The van der Waals surface area contributed by atoms with E-state index in [4.69, 9.17) is 4.74 Å². The zero-order valence-corrected chi connectivity index (χ0v) is 9.17. The SMILES string of the molecule is CC1=C[C@@H]2CC(=O)O[C@]2(C(C)C)CC1. The molecule has 0 spiro atoms. The highest BCUT2D eigenvalue weighted by atomic mass is 16.6. The van der Waals surface area contributed by atoms with E-state index < -0.39 is 0 Å². The second-order valence-corrected chi connectivity index (χ2v) is 4.91. The molecule has 0 saturated carbocycles. The summed E-state index contributed by atoms with van der Waals surface area (Å²) < 4.78 is 5.58. The molecule has 0 N–H and O–H groups in total. The van der Waals surface area contributed by atoms with Crippen molar-refractivity contribution in [2.24, 2.45) is 11.8 Å². The molecule has 0 aromatic rings. The van der Waals surface area contributed by atoms with E-state index in [1.807, 2.05) is 0 Å². The molecule has 0 aromatic carbocycles. The van der Waals surface area contributed by atoms with Crippen LogP contribution >= 0.6 is 0 Å². The number of hydrogen-bond acceptors (Lipinski definition) is 2. The van der Waals surface area contributed by atoms with Crippen LogP contribution in [-0.4, -0.2) is 11.6 Å². The Balaban J connectivity index is 2.34. The van der Waals surface area contributed by atoms with Crippen LogP contribution in [0.3, 0.4) is 0 Å². The lowest BCUT2D eigenvalue weighted by atomic mass is 9.71. The number of rotatable bonds is 1. The Bertz CT molecular complexity index is 291. The maximum atomic E-state index is 11.4. The van der Waals surface area contributed by atoms with Gasteiger partial charge in [0, 0.05) is 5.92 Å². The predicted molar refractivity (Wildman–Crippen MR) is 54.8 cm³/mol. The molecule has 0 amide bonds. The van der Waals surface area contributed by atoms with Gasteiger partial charge in [0.15, 0.2) is 0 Å². The summed E-state index contributed by atoms with van der Waals surface area (Å²) in [6.07, 6.45) is 4.90. The van der Waals surface area contributed by atoms with Crippen LogP contribution in [0.4, 0.5) is 0 Å². The molecule has 2 atom stereocenters. The molecular formula is C12H18O2. The topological polar surface area (TPSA) is 26.3 Å². The monoisotopic (exact) mass is 194 g/mol. The van der Waals surface area contributed by atoms with E-state index in [1.54, 1.807) is 0 Å². The Hall–Kier alpha value is -0.790. The summed E-state index contributed by atoms with van der Waals surface area (Å²) in [5.41, 5.74) is 1.22. The van der Waals surface area contributed by atoms with Gasteiger partial charge in [0.05, 0.1) is 6.42 Å². The molecule has 14 heavy (non-hydrogen) atoms. The van der Waals surface area contributed by atoms with Gasteiger partial charge in [-0.15, -0.1) is 0 Å². The minimum absolute atomic E-state index is 0.0188. The maximum Gasteiger partial charge on any atom is 0.307 e. The first kappa shape index (κ1) is 9.75. The average molecular weight is 194 g/mol. The van der Waals surface area contributed by atoms with Crippen molar-refractivity contribution in [3.8, 4) is 0 Å². The predicted octanol–water partition coefficient (Wildman–Crippen LogP) is 2.68. The van der Waals surface area contributed by atoms with Gasteiger partial charge in [0.25, 0.3) is 0 Å². The molecule has 0 aromatic heterocycles. The van der Waals surface area contributed by atoms with Gasteiger partial charge < -0.3 is 4.74 Å². The molecule has 2 heteroatoms. The molecule has 0 unspecified atom stereocenters. The molecule has 78 valence electrons. The van der Waals surface area contributed by atoms with Crippen molar-refractivity contribution in [3.63, 3.8) is 0 Å². The van der Waals surface area contributed by atoms with Gasteiger partial charge in [-0.1, -0.05) is 25.5 Å². The van der Waals surface area contributed by atoms with Crippen LogP contribution in [0.5, 0.6) is 0 Å². The van der Waals surface area contributed by atoms with E-state index >= 15 is 0 Å².